The lowest BCUT2D eigenvalue weighted by Gasteiger charge is -2.33. The van der Waals surface area contributed by atoms with Gasteiger partial charge in [-0.15, -0.1) is 0 Å². The van der Waals surface area contributed by atoms with Gasteiger partial charge in [-0.05, 0) is 87.3 Å². The van der Waals surface area contributed by atoms with Gasteiger partial charge in [-0.1, -0.05) is 0 Å². The SMILES string of the molecule is CN[C@H]1CC[C@H](N(C)S(=O)(=O)c2ccc(Nc3nccc(Nc4ccc(F)cc4)n3)cc2)CC1. The van der Waals surface area contributed by atoms with Crippen molar-refractivity contribution < 1.29 is 12.8 Å². The van der Waals surface area contributed by atoms with Crippen molar-refractivity contribution in [1.29, 1.82) is 0 Å². The van der Waals surface area contributed by atoms with Crippen LogP contribution in [0.25, 0.3) is 0 Å². The quantitative estimate of drug-likeness (QED) is 0.439. The number of rotatable bonds is 8. The van der Waals surface area contributed by atoms with E-state index in [9.17, 15) is 12.8 Å². The zero-order valence-electron chi connectivity index (χ0n) is 19.2. The Balaban J connectivity index is 1.41. The van der Waals surface area contributed by atoms with E-state index < -0.39 is 10.0 Å². The van der Waals surface area contributed by atoms with Crippen molar-refractivity contribution in [2.75, 3.05) is 24.7 Å². The molecule has 1 heterocycles. The Kier molecular flexibility index (Phi) is 7.40. The number of hydrogen-bond acceptors (Lipinski definition) is 7. The minimum Gasteiger partial charge on any atom is -0.340 e. The van der Waals surface area contributed by atoms with E-state index in [0.717, 1.165) is 25.7 Å². The third kappa shape index (κ3) is 5.69. The molecule has 8 nitrogen and oxygen atoms in total. The molecule has 10 heteroatoms. The van der Waals surface area contributed by atoms with Gasteiger partial charge in [-0.2, -0.15) is 9.29 Å². The molecule has 1 saturated carbocycles. The molecular formula is C24H29FN6O2S. The van der Waals surface area contributed by atoms with Crippen LogP contribution in [-0.4, -0.2) is 48.9 Å². The van der Waals surface area contributed by atoms with E-state index >= 15 is 0 Å². The summed E-state index contributed by atoms with van der Waals surface area (Å²) in [6, 6.07) is 14.7. The standard InChI is InChI=1S/C24H29FN6O2S/c1-26-18-7-11-21(12-8-18)31(2)34(32,33)22-13-9-20(10-14-22)29-24-27-16-15-23(30-24)28-19-5-3-17(25)4-6-19/h3-6,9-10,13-16,18,21,26H,7-8,11-12H2,1-2H3,(H2,27,28,29,30)/t18-,21-. The second-order valence-electron chi connectivity index (χ2n) is 8.36. The van der Waals surface area contributed by atoms with Gasteiger partial charge in [0.25, 0.3) is 0 Å². The lowest BCUT2D eigenvalue weighted by atomic mass is 9.91. The van der Waals surface area contributed by atoms with Crippen molar-refractivity contribution >= 4 is 33.2 Å². The summed E-state index contributed by atoms with van der Waals surface area (Å²) < 4.78 is 40.9. The number of nitrogens with one attached hydrogen (secondary N) is 3. The van der Waals surface area contributed by atoms with Gasteiger partial charge in [-0.3, -0.25) is 0 Å². The molecule has 0 amide bonds. The van der Waals surface area contributed by atoms with Crippen molar-refractivity contribution in [3.8, 4) is 0 Å². The average molecular weight is 485 g/mol. The molecule has 0 unspecified atom stereocenters. The van der Waals surface area contributed by atoms with Crippen molar-refractivity contribution in [3.63, 3.8) is 0 Å². The Labute approximate surface area is 199 Å². The van der Waals surface area contributed by atoms with E-state index in [-0.39, 0.29) is 16.8 Å². The van der Waals surface area contributed by atoms with Gasteiger partial charge in [0.1, 0.15) is 11.6 Å². The van der Waals surface area contributed by atoms with Crippen LogP contribution in [0.1, 0.15) is 25.7 Å². The fourth-order valence-electron chi connectivity index (χ4n) is 4.10. The molecule has 4 rings (SSSR count). The van der Waals surface area contributed by atoms with E-state index in [4.69, 9.17) is 0 Å². The summed E-state index contributed by atoms with van der Waals surface area (Å²) in [6.07, 6.45) is 5.23. The molecular weight excluding hydrogens is 455 g/mol. The Hall–Kier alpha value is -3.08. The van der Waals surface area contributed by atoms with Crippen molar-refractivity contribution in [2.45, 2.75) is 42.7 Å². The predicted octanol–water partition coefficient (Wildman–Crippen LogP) is 4.25. The first-order valence-corrected chi connectivity index (χ1v) is 12.7. The number of hydrogen-bond donors (Lipinski definition) is 3. The fourth-order valence-corrected chi connectivity index (χ4v) is 5.52. The summed E-state index contributed by atoms with van der Waals surface area (Å²) in [5.41, 5.74) is 1.36. The fraction of sp³-hybridized carbons (Fsp3) is 0.333. The monoisotopic (exact) mass is 484 g/mol. The zero-order valence-corrected chi connectivity index (χ0v) is 20.0. The molecule has 34 heavy (non-hydrogen) atoms. The largest absolute Gasteiger partial charge is 0.340 e. The molecule has 3 aromatic rings. The number of anilines is 4. The number of sulfonamides is 1. The van der Waals surface area contributed by atoms with Gasteiger partial charge in [0.05, 0.1) is 4.90 Å². The maximum atomic E-state index is 13.1. The van der Waals surface area contributed by atoms with E-state index in [1.807, 2.05) is 7.05 Å². The summed E-state index contributed by atoms with van der Waals surface area (Å²) >= 11 is 0. The summed E-state index contributed by atoms with van der Waals surface area (Å²) in [5, 5.41) is 9.45. The molecule has 0 bridgehead atoms. The molecule has 2 aromatic carbocycles. The molecule has 1 aliphatic rings. The highest BCUT2D eigenvalue weighted by Gasteiger charge is 2.31. The normalized spacial score (nSPS) is 18.6. The third-order valence-corrected chi connectivity index (χ3v) is 8.10. The van der Waals surface area contributed by atoms with E-state index in [1.165, 1.54) is 16.4 Å². The lowest BCUT2D eigenvalue weighted by Crippen LogP contribution is -2.42. The maximum Gasteiger partial charge on any atom is 0.243 e. The first-order chi connectivity index (χ1) is 16.3. The molecule has 180 valence electrons. The Morgan fingerprint density at radius 3 is 2.18 bits per heavy atom. The van der Waals surface area contributed by atoms with Crippen LogP contribution < -0.4 is 16.0 Å². The van der Waals surface area contributed by atoms with Crippen LogP contribution in [0.3, 0.4) is 0 Å². The molecule has 1 fully saturated rings. The van der Waals surface area contributed by atoms with Gasteiger partial charge < -0.3 is 16.0 Å². The topological polar surface area (TPSA) is 99.3 Å². The minimum atomic E-state index is -3.58. The third-order valence-electron chi connectivity index (χ3n) is 6.18. The highest BCUT2D eigenvalue weighted by molar-refractivity contribution is 7.89. The smallest absolute Gasteiger partial charge is 0.243 e. The van der Waals surface area contributed by atoms with E-state index in [2.05, 4.69) is 25.9 Å². The molecule has 0 aliphatic heterocycles. The predicted molar refractivity (Wildman–Crippen MR) is 131 cm³/mol. The lowest BCUT2D eigenvalue weighted by molar-refractivity contribution is 0.255. The molecule has 3 N–H and O–H groups in total. The van der Waals surface area contributed by atoms with Crippen molar-refractivity contribution in [3.05, 3.63) is 66.6 Å². The summed E-state index contributed by atoms with van der Waals surface area (Å²) in [5.74, 6) is 0.576. The van der Waals surface area contributed by atoms with Crippen molar-refractivity contribution in [1.82, 2.24) is 19.6 Å². The number of aromatic nitrogens is 2. The molecule has 0 radical (unpaired) electrons. The van der Waals surface area contributed by atoms with Crippen LogP contribution in [0, 0.1) is 5.82 Å². The van der Waals surface area contributed by atoms with Crippen LogP contribution in [-0.2, 0) is 10.0 Å². The molecule has 0 spiro atoms. The van der Waals surface area contributed by atoms with Crippen molar-refractivity contribution in [2.24, 2.45) is 0 Å². The van der Waals surface area contributed by atoms with E-state index in [1.54, 1.807) is 55.7 Å². The average Bonchev–Trinajstić information content (AvgIpc) is 2.85. The zero-order chi connectivity index (χ0) is 24.1. The van der Waals surface area contributed by atoms with Gasteiger partial charge in [0.15, 0.2) is 0 Å². The molecule has 0 atom stereocenters. The van der Waals surface area contributed by atoms with Crippen LogP contribution in [0.5, 0.6) is 0 Å². The van der Waals surface area contributed by atoms with Crippen LogP contribution in [0.2, 0.25) is 0 Å². The van der Waals surface area contributed by atoms with Crippen LogP contribution in [0.15, 0.2) is 65.7 Å². The van der Waals surface area contributed by atoms with Crippen LogP contribution in [0.4, 0.5) is 27.5 Å². The number of halogens is 1. The number of benzene rings is 2. The number of nitrogens with zero attached hydrogens (tertiary/aromatic N) is 3. The first kappa shape index (κ1) is 24.1. The molecule has 0 saturated heterocycles. The first-order valence-electron chi connectivity index (χ1n) is 11.2. The minimum absolute atomic E-state index is 0.0112. The Morgan fingerprint density at radius 2 is 1.53 bits per heavy atom. The van der Waals surface area contributed by atoms with Crippen LogP contribution >= 0.6 is 0 Å². The van der Waals surface area contributed by atoms with Gasteiger partial charge >= 0.3 is 0 Å². The summed E-state index contributed by atoms with van der Waals surface area (Å²) in [7, 11) is 0.0352. The second kappa shape index (κ2) is 10.5. The Bertz CT molecular complexity index is 1200. The summed E-state index contributed by atoms with van der Waals surface area (Å²) in [4.78, 5) is 8.86. The maximum absolute atomic E-state index is 13.1. The summed E-state index contributed by atoms with van der Waals surface area (Å²) in [6.45, 7) is 0. The molecule has 1 aliphatic carbocycles. The highest BCUT2D eigenvalue weighted by Crippen LogP contribution is 2.27. The van der Waals surface area contributed by atoms with E-state index in [0.29, 0.717) is 29.2 Å². The van der Waals surface area contributed by atoms with Gasteiger partial charge in [-0.25, -0.2) is 17.8 Å². The van der Waals surface area contributed by atoms with Gasteiger partial charge in [0.2, 0.25) is 16.0 Å². The second-order valence-corrected chi connectivity index (χ2v) is 10.4. The van der Waals surface area contributed by atoms with Gasteiger partial charge in [0, 0.05) is 36.7 Å². The Morgan fingerprint density at radius 1 is 0.912 bits per heavy atom. The molecule has 1 aromatic heterocycles. The highest BCUT2D eigenvalue weighted by atomic mass is 32.2.